The molecule has 0 saturated carbocycles. The third kappa shape index (κ3) is 5.08. The van der Waals surface area contributed by atoms with E-state index in [2.05, 4.69) is 6.07 Å². The van der Waals surface area contributed by atoms with Crippen LogP contribution < -0.4 is 9.47 Å². The Morgan fingerprint density at radius 1 is 1.07 bits per heavy atom. The van der Waals surface area contributed by atoms with Gasteiger partial charge in [-0.1, -0.05) is 53.5 Å². The van der Waals surface area contributed by atoms with E-state index in [1.165, 1.54) is 19.2 Å². The van der Waals surface area contributed by atoms with Crippen LogP contribution in [0.1, 0.15) is 16.7 Å². The first-order valence-electron chi connectivity index (χ1n) is 8.63. The van der Waals surface area contributed by atoms with Crippen molar-refractivity contribution in [3.63, 3.8) is 0 Å². The fourth-order valence-electron chi connectivity index (χ4n) is 2.72. The standard InChI is InChI=1S/C23H16Cl2FNO2/c1-28-22-12-16(10-17(13-27)19-4-2-3-5-20(19)24)11-21(25)23(22)29-14-15-6-8-18(26)9-7-15/h2-12H,14H2,1H3. The van der Waals surface area contributed by atoms with Gasteiger partial charge < -0.3 is 9.47 Å². The van der Waals surface area contributed by atoms with Crippen LogP contribution in [-0.4, -0.2) is 7.11 Å². The lowest BCUT2D eigenvalue weighted by atomic mass is 10.0. The number of hydrogen-bond donors (Lipinski definition) is 0. The second kappa shape index (κ2) is 9.47. The Morgan fingerprint density at radius 3 is 2.45 bits per heavy atom. The first-order chi connectivity index (χ1) is 14.0. The molecule has 0 atom stereocenters. The largest absolute Gasteiger partial charge is 0.493 e. The Morgan fingerprint density at radius 2 is 1.79 bits per heavy atom. The summed E-state index contributed by atoms with van der Waals surface area (Å²) in [4.78, 5) is 0. The highest BCUT2D eigenvalue weighted by Crippen LogP contribution is 2.38. The number of halogens is 3. The summed E-state index contributed by atoms with van der Waals surface area (Å²) in [6.07, 6.45) is 1.68. The van der Waals surface area contributed by atoms with Crippen molar-refractivity contribution in [1.82, 2.24) is 0 Å². The molecule has 6 heteroatoms. The highest BCUT2D eigenvalue weighted by atomic mass is 35.5. The molecule has 0 heterocycles. The van der Waals surface area contributed by atoms with E-state index >= 15 is 0 Å². The third-order valence-corrected chi connectivity index (χ3v) is 4.75. The molecule has 0 fully saturated rings. The van der Waals surface area contributed by atoms with E-state index in [9.17, 15) is 9.65 Å². The summed E-state index contributed by atoms with van der Waals surface area (Å²) < 4.78 is 24.2. The second-order valence-electron chi connectivity index (χ2n) is 6.10. The van der Waals surface area contributed by atoms with Gasteiger partial charge in [0.15, 0.2) is 11.5 Å². The minimum Gasteiger partial charge on any atom is -0.493 e. The quantitative estimate of drug-likeness (QED) is 0.321. The summed E-state index contributed by atoms with van der Waals surface area (Å²) in [7, 11) is 1.50. The van der Waals surface area contributed by atoms with Crippen LogP contribution in [-0.2, 0) is 6.61 Å². The maximum atomic E-state index is 13.0. The molecule has 0 aromatic heterocycles. The van der Waals surface area contributed by atoms with Gasteiger partial charge in [0.1, 0.15) is 12.4 Å². The fraction of sp³-hybridized carbons (Fsp3) is 0.0870. The SMILES string of the molecule is COc1cc(C=C(C#N)c2ccccc2Cl)cc(Cl)c1OCc1ccc(F)cc1. The highest BCUT2D eigenvalue weighted by molar-refractivity contribution is 6.33. The van der Waals surface area contributed by atoms with Crippen molar-refractivity contribution >= 4 is 34.9 Å². The molecule has 29 heavy (non-hydrogen) atoms. The van der Waals surface area contributed by atoms with Crippen molar-refractivity contribution in [3.05, 3.63) is 93.2 Å². The zero-order chi connectivity index (χ0) is 20.8. The van der Waals surface area contributed by atoms with Gasteiger partial charge in [0.25, 0.3) is 0 Å². The van der Waals surface area contributed by atoms with Crippen LogP contribution >= 0.6 is 23.2 Å². The molecule has 0 unspecified atom stereocenters. The predicted octanol–water partition coefficient (Wildman–Crippen LogP) is 6.78. The summed E-state index contributed by atoms with van der Waals surface area (Å²) in [6.45, 7) is 0.203. The number of rotatable bonds is 6. The first kappa shape index (κ1) is 20.7. The van der Waals surface area contributed by atoms with E-state index in [1.807, 2.05) is 6.07 Å². The minimum atomic E-state index is -0.313. The van der Waals surface area contributed by atoms with Crippen molar-refractivity contribution in [2.24, 2.45) is 0 Å². The smallest absolute Gasteiger partial charge is 0.180 e. The molecule has 0 aliphatic heterocycles. The number of methoxy groups -OCH3 is 1. The molecular formula is C23H16Cl2FNO2. The van der Waals surface area contributed by atoms with Gasteiger partial charge in [-0.05, 0) is 47.5 Å². The average molecular weight is 428 g/mol. The lowest BCUT2D eigenvalue weighted by Gasteiger charge is -2.14. The van der Waals surface area contributed by atoms with Crippen LogP contribution in [0.5, 0.6) is 11.5 Å². The van der Waals surface area contributed by atoms with Crippen LogP contribution in [0.3, 0.4) is 0 Å². The summed E-state index contributed by atoms with van der Waals surface area (Å²) in [5, 5.41) is 10.4. The van der Waals surface area contributed by atoms with Crippen LogP contribution in [0.25, 0.3) is 11.6 Å². The number of benzene rings is 3. The molecular weight excluding hydrogens is 412 g/mol. The van der Waals surface area contributed by atoms with Crippen LogP contribution in [0, 0.1) is 17.1 Å². The lowest BCUT2D eigenvalue weighted by molar-refractivity contribution is 0.284. The van der Waals surface area contributed by atoms with Crippen molar-refractivity contribution in [2.75, 3.05) is 7.11 Å². The molecule has 3 nitrogen and oxygen atoms in total. The molecule has 146 valence electrons. The summed E-state index contributed by atoms with van der Waals surface area (Å²) >= 11 is 12.6. The van der Waals surface area contributed by atoms with E-state index in [1.54, 1.807) is 48.5 Å². The highest BCUT2D eigenvalue weighted by Gasteiger charge is 2.13. The number of nitrogens with zero attached hydrogens (tertiary/aromatic N) is 1. The van der Waals surface area contributed by atoms with E-state index in [0.717, 1.165) is 5.56 Å². The zero-order valence-electron chi connectivity index (χ0n) is 15.5. The van der Waals surface area contributed by atoms with Gasteiger partial charge in [-0.25, -0.2) is 4.39 Å². The maximum Gasteiger partial charge on any atom is 0.180 e. The maximum absolute atomic E-state index is 13.0. The molecule has 0 amide bonds. The van der Waals surface area contributed by atoms with E-state index in [4.69, 9.17) is 32.7 Å². The van der Waals surface area contributed by atoms with Gasteiger partial charge in [-0.3, -0.25) is 0 Å². The van der Waals surface area contributed by atoms with Crippen LogP contribution in [0.2, 0.25) is 10.0 Å². The molecule has 0 radical (unpaired) electrons. The van der Waals surface area contributed by atoms with Gasteiger partial charge in [-0.2, -0.15) is 5.26 Å². The lowest BCUT2D eigenvalue weighted by Crippen LogP contribution is -1.99. The van der Waals surface area contributed by atoms with Gasteiger partial charge in [0, 0.05) is 10.6 Å². The van der Waals surface area contributed by atoms with Crippen LogP contribution in [0.4, 0.5) is 4.39 Å². The normalized spacial score (nSPS) is 11.1. The summed E-state index contributed by atoms with van der Waals surface area (Å²) in [5.74, 6) is 0.474. The summed E-state index contributed by atoms with van der Waals surface area (Å²) in [6, 6.07) is 18.7. The predicted molar refractivity (Wildman–Crippen MR) is 114 cm³/mol. The number of allylic oxidation sites excluding steroid dienone is 1. The topological polar surface area (TPSA) is 42.2 Å². The van der Waals surface area contributed by atoms with Crippen molar-refractivity contribution < 1.29 is 13.9 Å². The van der Waals surface area contributed by atoms with Gasteiger partial charge in [0.2, 0.25) is 0 Å². The fourth-order valence-corrected chi connectivity index (χ4v) is 3.23. The van der Waals surface area contributed by atoms with Gasteiger partial charge in [0.05, 0.1) is 23.8 Å². The average Bonchev–Trinajstić information content (AvgIpc) is 2.72. The Hall–Kier alpha value is -3.00. The number of ether oxygens (including phenoxy) is 2. The van der Waals surface area contributed by atoms with Gasteiger partial charge in [-0.15, -0.1) is 0 Å². The van der Waals surface area contributed by atoms with Crippen molar-refractivity contribution in [1.29, 1.82) is 5.26 Å². The van der Waals surface area contributed by atoms with Crippen molar-refractivity contribution in [2.45, 2.75) is 6.61 Å². The Kier molecular flexibility index (Phi) is 6.77. The molecule has 0 aliphatic carbocycles. The van der Waals surface area contributed by atoms with E-state index in [0.29, 0.717) is 38.2 Å². The third-order valence-electron chi connectivity index (χ3n) is 4.14. The monoisotopic (exact) mass is 427 g/mol. The molecule has 0 aliphatic rings. The molecule has 3 rings (SSSR count). The van der Waals surface area contributed by atoms with E-state index in [-0.39, 0.29) is 12.4 Å². The second-order valence-corrected chi connectivity index (χ2v) is 6.91. The van der Waals surface area contributed by atoms with Crippen LogP contribution in [0.15, 0.2) is 60.7 Å². The molecule has 0 bridgehead atoms. The van der Waals surface area contributed by atoms with Gasteiger partial charge >= 0.3 is 0 Å². The Balaban J connectivity index is 1.90. The number of hydrogen-bond acceptors (Lipinski definition) is 3. The molecule has 0 saturated heterocycles. The first-order valence-corrected chi connectivity index (χ1v) is 9.39. The van der Waals surface area contributed by atoms with Crippen molar-refractivity contribution in [3.8, 4) is 17.6 Å². The molecule has 3 aromatic carbocycles. The minimum absolute atomic E-state index is 0.203. The molecule has 3 aromatic rings. The Bertz CT molecular complexity index is 1090. The summed E-state index contributed by atoms with van der Waals surface area (Å²) in [5.41, 5.74) is 2.48. The zero-order valence-corrected chi connectivity index (χ0v) is 17.0. The molecule has 0 N–H and O–H groups in total. The molecule has 0 spiro atoms. The Labute approximate surface area is 178 Å². The number of nitriles is 1. The van der Waals surface area contributed by atoms with E-state index < -0.39 is 0 Å².